The van der Waals surface area contributed by atoms with Crippen molar-refractivity contribution in [2.45, 2.75) is 12.8 Å². The first-order chi connectivity index (χ1) is 9.24. The minimum Gasteiger partial charge on any atom is -0.493 e. The van der Waals surface area contributed by atoms with E-state index in [1.807, 2.05) is 12.1 Å². The number of piperidine rings is 1. The van der Waals surface area contributed by atoms with Crippen LogP contribution < -0.4 is 19.7 Å². The summed E-state index contributed by atoms with van der Waals surface area (Å²) in [5.41, 5.74) is 1.18. The van der Waals surface area contributed by atoms with E-state index in [-0.39, 0.29) is 0 Å². The molecule has 1 fully saturated rings. The molecule has 4 nitrogen and oxygen atoms in total. The van der Waals surface area contributed by atoms with Crippen LogP contribution in [0.1, 0.15) is 12.8 Å². The van der Waals surface area contributed by atoms with E-state index < -0.39 is 0 Å². The standard InChI is InChI=1S/C15H24N2O2/c1-17(11-12-6-8-16-9-7-12)13-4-5-14(18-2)15(10-13)19-3/h4-5,10,12,16H,6-9,11H2,1-3H3. The highest BCUT2D eigenvalue weighted by atomic mass is 16.5. The molecule has 2 rings (SSSR count). The van der Waals surface area contributed by atoms with Crippen LogP contribution >= 0.6 is 0 Å². The fourth-order valence-electron chi connectivity index (χ4n) is 2.62. The van der Waals surface area contributed by atoms with Gasteiger partial charge in [0.05, 0.1) is 14.2 Å². The SMILES string of the molecule is COc1ccc(N(C)CC2CCNCC2)cc1OC. The third-order valence-corrected chi connectivity index (χ3v) is 3.80. The summed E-state index contributed by atoms with van der Waals surface area (Å²) in [5.74, 6) is 2.35. The van der Waals surface area contributed by atoms with Gasteiger partial charge in [0, 0.05) is 25.3 Å². The third kappa shape index (κ3) is 3.53. The van der Waals surface area contributed by atoms with Crippen molar-refractivity contribution < 1.29 is 9.47 Å². The van der Waals surface area contributed by atoms with Gasteiger partial charge in [0.25, 0.3) is 0 Å². The minimum absolute atomic E-state index is 0.777. The number of ether oxygens (including phenoxy) is 2. The molecule has 1 heterocycles. The van der Waals surface area contributed by atoms with E-state index in [0.29, 0.717) is 0 Å². The van der Waals surface area contributed by atoms with E-state index in [0.717, 1.165) is 37.1 Å². The minimum atomic E-state index is 0.777. The Balaban J connectivity index is 2.03. The first kappa shape index (κ1) is 14.0. The van der Waals surface area contributed by atoms with Crippen LogP contribution in [-0.2, 0) is 0 Å². The van der Waals surface area contributed by atoms with Crippen LogP contribution in [0.4, 0.5) is 5.69 Å². The Morgan fingerprint density at radius 2 is 1.84 bits per heavy atom. The fraction of sp³-hybridized carbons (Fsp3) is 0.600. The number of benzene rings is 1. The van der Waals surface area contributed by atoms with Crippen LogP contribution in [-0.4, -0.2) is 40.9 Å². The van der Waals surface area contributed by atoms with E-state index in [1.165, 1.54) is 18.5 Å². The molecule has 0 bridgehead atoms. The van der Waals surface area contributed by atoms with Gasteiger partial charge in [-0.1, -0.05) is 0 Å². The normalized spacial score (nSPS) is 16.2. The second-order valence-electron chi connectivity index (χ2n) is 5.11. The lowest BCUT2D eigenvalue weighted by molar-refractivity contribution is 0.354. The molecule has 1 aromatic carbocycles. The van der Waals surface area contributed by atoms with Crippen LogP contribution in [0.15, 0.2) is 18.2 Å². The van der Waals surface area contributed by atoms with Gasteiger partial charge < -0.3 is 19.7 Å². The van der Waals surface area contributed by atoms with Crippen LogP contribution in [0.2, 0.25) is 0 Å². The Kier molecular flexibility index (Phi) is 4.91. The molecule has 0 amide bonds. The lowest BCUT2D eigenvalue weighted by Crippen LogP contribution is -2.34. The Morgan fingerprint density at radius 1 is 1.16 bits per heavy atom. The van der Waals surface area contributed by atoms with Crippen molar-refractivity contribution in [3.8, 4) is 11.5 Å². The molecule has 1 saturated heterocycles. The molecule has 1 aliphatic rings. The molecule has 1 aliphatic heterocycles. The zero-order valence-corrected chi connectivity index (χ0v) is 12.1. The molecule has 0 spiro atoms. The van der Waals surface area contributed by atoms with Crippen molar-refractivity contribution in [3.63, 3.8) is 0 Å². The summed E-state index contributed by atoms with van der Waals surface area (Å²) in [6.07, 6.45) is 2.52. The molecule has 4 heteroatoms. The molecule has 0 radical (unpaired) electrons. The molecular weight excluding hydrogens is 240 g/mol. The molecule has 0 unspecified atom stereocenters. The summed E-state index contributed by atoms with van der Waals surface area (Å²) in [6.45, 7) is 3.38. The van der Waals surface area contributed by atoms with Gasteiger partial charge in [-0.05, 0) is 44.0 Å². The van der Waals surface area contributed by atoms with Gasteiger partial charge in [-0.25, -0.2) is 0 Å². The van der Waals surface area contributed by atoms with E-state index in [1.54, 1.807) is 14.2 Å². The molecule has 0 aromatic heterocycles. The fourth-order valence-corrected chi connectivity index (χ4v) is 2.62. The first-order valence-electron chi connectivity index (χ1n) is 6.88. The molecule has 1 N–H and O–H groups in total. The summed E-state index contributed by atoms with van der Waals surface area (Å²) < 4.78 is 10.6. The molecule has 1 aromatic rings. The number of nitrogens with one attached hydrogen (secondary N) is 1. The van der Waals surface area contributed by atoms with Crippen LogP contribution in [0.5, 0.6) is 11.5 Å². The van der Waals surface area contributed by atoms with Gasteiger partial charge in [-0.3, -0.25) is 0 Å². The topological polar surface area (TPSA) is 33.7 Å². The van der Waals surface area contributed by atoms with E-state index in [4.69, 9.17) is 9.47 Å². The average Bonchev–Trinajstić information content (AvgIpc) is 2.47. The number of anilines is 1. The van der Waals surface area contributed by atoms with Gasteiger partial charge in [-0.2, -0.15) is 0 Å². The third-order valence-electron chi connectivity index (χ3n) is 3.80. The summed E-state index contributed by atoms with van der Waals surface area (Å²) in [5, 5.41) is 3.41. The Hall–Kier alpha value is -1.42. The summed E-state index contributed by atoms with van der Waals surface area (Å²) >= 11 is 0. The maximum Gasteiger partial charge on any atom is 0.162 e. The van der Waals surface area contributed by atoms with Crippen LogP contribution in [0, 0.1) is 5.92 Å². The van der Waals surface area contributed by atoms with Crippen LogP contribution in [0.25, 0.3) is 0 Å². The number of rotatable bonds is 5. The van der Waals surface area contributed by atoms with Crippen molar-refractivity contribution in [2.75, 3.05) is 45.8 Å². The van der Waals surface area contributed by atoms with Gasteiger partial charge in [0.15, 0.2) is 11.5 Å². The van der Waals surface area contributed by atoms with Gasteiger partial charge in [0.2, 0.25) is 0 Å². The first-order valence-corrected chi connectivity index (χ1v) is 6.88. The summed E-state index contributed by atoms with van der Waals surface area (Å²) in [4.78, 5) is 2.30. The lowest BCUT2D eigenvalue weighted by atomic mass is 9.97. The monoisotopic (exact) mass is 264 g/mol. The second-order valence-corrected chi connectivity index (χ2v) is 5.11. The van der Waals surface area contributed by atoms with E-state index in [2.05, 4.69) is 23.3 Å². The number of hydrogen-bond donors (Lipinski definition) is 1. The maximum atomic E-state index is 5.36. The average molecular weight is 264 g/mol. The van der Waals surface area contributed by atoms with Gasteiger partial charge in [-0.15, -0.1) is 0 Å². The van der Waals surface area contributed by atoms with Crippen molar-refractivity contribution in [3.05, 3.63) is 18.2 Å². The van der Waals surface area contributed by atoms with E-state index in [9.17, 15) is 0 Å². The van der Waals surface area contributed by atoms with Crippen molar-refractivity contribution >= 4 is 5.69 Å². The van der Waals surface area contributed by atoms with Crippen molar-refractivity contribution in [2.24, 2.45) is 5.92 Å². The Bertz CT molecular complexity index is 403. The van der Waals surface area contributed by atoms with Crippen molar-refractivity contribution in [1.29, 1.82) is 0 Å². The molecule has 0 aliphatic carbocycles. The number of nitrogens with zero attached hydrogens (tertiary/aromatic N) is 1. The largest absolute Gasteiger partial charge is 0.493 e. The molecule has 19 heavy (non-hydrogen) atoms. The molecule has 0 saturated carbocycles. The van der Waals surface area contributed by atoms with Gasteiger partial charge >= 0.3 is 0 Å². The predicted molar refractivity (Wildman–Crippen MR) is 78.4 cm³/mol. The second kappa shape index (κ2) is 6.66. The zero-order chi connectivity index (χ0) is 13.7. The van der Waals surface area contributed by atoms with Crippen molar-refractivity contribution in [1.82, 2.24) is 5.32 Å². The zero-order valence-electron chi connectivity index (χ0n) is 12.1. The highest BCUT2D eigenvalue weighted by Gasteiger charge is 2.16. The predicted octanol–water partition coefficient (Wildman–Crippen LogP) is 2.14. The van der Waals surface area contributed by atoms with Gasteiger partial charge in [0.1, 0.15) is 0 Å². The van der Waals surface area contributed by atoms with E-state index >= 15 is 0 Å². The Morgan fingerprint density at radius 3 is 2.47 bits per heavy atom. The summed E-state index contributed by atoms with van der Waals surface area (Å²) in [6, 6.07) is 6.09. The molecule has 0 atom stereocenters. The smallest absolute Gasteiger partial charge is 0.162 e. The molecular formula is C15H24N2O2. The lowest BCUT2D eigenvalue weighted by Gasteiger charge is -2.29. The number of methoxy groups -OCH3 is 2. The van der Waals surface area contributed by atoms with Crippen LogP contribution in [0.3, 0.4) is 0 Å². The highest BCUT2D eigenvalue weighted by Crippen LogP contribution is 2.31. The highest BCUT2D eigenvalue weighted by molar-refractivity contribution is 5.56. The Labute approximate surface area is 115 Å². The summed E-state index contributed by atoms with van der Waals surface area (Å²) in [7, 11) is 5.48. The number of hydrogen-bond acceptors (Lipinski definition) is 4. The maximum absolute atomic E-state index is 5.36. The molecule has 106 valence electrons. The quantitative estimate of drug-likeness (QED) is 0.883.